The van der Waals surface area contributed by atoms with Crippen molar-refractivity contribution in [3.63, 3.8) is 0 Å². The molecule has 0 fully saturated rings. The van der Waals surface area contributed by atoms with E-state index >= 15 is 0 Å². The van der Waals surface area contributed by atoms with Crippen LogP contribution in [0.15, 0.2) is 18.5 Å². The van der Waals surface area contributed by atoms with Crippen LogP contribution in [0.2, 0.25) is 0 Å². The van der Waals surface area contributed by atoms with Gasteiger partial charge in [-0.3, -0.25) is 4.98 Å². The summed E-state index contributed by atoms with van der Waals surface area (Å²) in [6.07, 6.45) is 6.33. The van der Waals surface area contributed by atoms with Crippen molar-refractivity contribution < 1.29 is 5.11 Å². The molecule has 1 aromatic heterocycles. The Morgan fingerprint density at radius 3 is 2.47 bits per heavy atom. The lowest BCUT2D eigenvalue weighted by Gasteiger charge is -2.17. The van der Waals surface area contributed by atoms with Crippen LogP contribution in [-0.2, 0) is 0 Å². The summed E-state index contributed by atoms with van der Waals surface area (Å²) in [5.41, 5.74) is 2.05. The maximum Gasteiger partial charge on any atom is 0.0807 e. The van der Waals surface area contributed by atoms with Crippen LogP contribution in [-0.4, -0.2) is 10.1 Å². The maximum atomic E-state index is 10.0. The summed E-state index contributed by atoms with van der Waals surface area (Å²) < 4.78 is 0. The maximum absolute atomic E-state index is 10.0. The van der Waals surface area contributed by atoms with Gasteiger partial charge in [0.2, 0.25) is 0 Å². The average molecular weight is 207 g/mol. The normalized spacial score (nSPS) is 13.1. The Morgan fingerprint density at radius 2 is 1.93 bits per heavy atom. The van der Waals surface area contributed by atoms with E-state index in [4.69, 9.17) is 0 Å². The van der Waals surface area contributed by atoms with E-state index in [0.29, 0.717) is 5.92 Å². The molecule has 0 bridgehead atoms. The van der Waals surface area contributed by atoms with Crippen LogP contribution >= 0.6 is 0 Å². The third kappa shape index (κ3) is 3.63. The number of hydrogen-bond donors (Lipinski definition) is 1. The topological polar surface area (TPSA) is 33.1 Å². The van der Waals surface area contributed by atoms with E-state index in [1.54, 1.807) is 6.20 Å². The lowest BCUT2D eigenvalue weighted by Crippen LogP contribution is -2.06. The van der Waals surface area contributed by atoms with Gasteiger partial charge in [0, 0.05) is 12.4 Å². The van der Waals surface area contributed by atoms with Crippen LogP contribution in [0.1, 0.15) is 50.3 Å². The first-order valence-corrected chi connectivity index (χ1v) is 5.77. The minimum atomic E-state index is -0.359. The highest BCUT2D eigenvalue weighted by Crippen LogP contribution is 2.24. The lowest BCUT2D eigenvalue weighted by molar-refractivity contribution is 0.141. The number of aliphatic hydroxyl groups is 1. The highest BCUT2D eigenvalue weighted by Gasteiger charge is 2.13. The quantitative estimate of drug-likeness (QED) is 0.804. The molecule has 2 nitrogen and oxygen atoms in total. The minimum Gasteiger partial charge on any atom is -0.388 e. The Bertz CT molecular complexity index is 294. The molecule has 0 amide bonds. The fraction of sp³-hybridized carbons (Fsp3) is 0.615. The van der Waals surface area contributed by atoms with Gasteiger partial charge in [0.15, 0.2) is 0 Å². The number of rotatable bonds is 5. The highest BCUT2D eigenvalue weighted by molar-refractivity contribution is 5.18. The molecule has 0 aliphatic rings. The smallest absolute Gasteiger partial charge is 0.0807 e. The van der Waals surface area contributed by atoms with Crippen LogP contribution in [0.25, 0.3) is 0 Å². The third-order valence-corrected chi connectivity index (χ3v) is 2.99. The fourth-order valence-electron chi connectivity index (χ4n) is 1.83. The Kier molecular flexibility index (Phi) is 4.76. The van der Waals surface area contributed by atoms with Gasteiger partial charge < -0.3 is 5.11 Å². The summed E-state index contributed by atoms with van der Waals surface area (Å²) in [5, 5.41) is 10.0. The summed E-state index contributed by atoms with van der Waals surface area (Å²) in [6.45, 7) is 6.35. The largest absolute Gasteiger partial charge is 0.388 e. The molecule has 0 aromatic carbocycles. The predicted molar refractivity (Wildman–Crippen MR) is 62.6 cm³/mol. The fourth-order valence-corrected chi connectivity index (χ4v) is 1.83. The van der Waals surface area contributed by atoms with Crippen molar-refractivity contribution in [3.8, 4) is 0 Å². The summed E-state index contributed by atoms with van der Waals surface area (Å²) in [4.78, 5) is 4.10. The summed E-state index contributed by atoms with van der Waals surface area (Å²) >= 11 is 0. The van der Waals surface area contributed by atoms with Gasteiger partial charge in [0.05, 0.1) is 6.10 Å². The first-order valence-electron chi connectivity index (χ1n) is 5.77. The average Bonchev–Trinajstić information content (AvgIpc) is 2.25. The van der Waals surface area contributed by atoms with Gasteiger partial charge in [-0.1, -0.05) is 32.8 Å². The Labute approximate surface area is 92.4 Å². The zero-order valence-corrected chi connectivity index (χ0v) is 9.90. The second kappa shape index (κ2) is 5.86. The molecule has 84 valence electrons. The van der Waals surface area contributed by atoms with Crippen molar-refractivity contribution in [2.75, 3.05) is 0 Å². The Balaban J connectivity index is 2.64. The summed E-state index contributed by atoms with van der Waals surface area (Å²) in [5.74, 6) is 0.612. The third-order valence-electron chi connectivity index (χ3n) is 2.99. The molecular weight excluding hydrogens is 186 g/mol. The van der Waals surface area contributed by atoms with Crippen LogP contribution < -0.4 is 0 Å². The van der Waals surface area contributed by atoms with Crippen molar-refractivity contribution in [1.29, 1.82) is 0 Å². The molecule has 0 saturated heterocycles. The standard InChI is InChI=1S/C13H21NO/c1-4-11(5-2)7-13(15)12-6-10(3)8-14-9-12/h6,8-9,11,13,15H,4-5,7H2,1-3H3. The monoisotopic (exact) mass is 207 g/mol. The molecule has 0 radical (unpaired) electrons. The predicted octanol–water partition coefficient (Wildman–Crippen LogP) is 3.25. The molecule has 0 aliphatic heterocycles. The van der Waals surface area contributed by atoms with Gasteiger partial charge >= 0.3 is 0 Å². The molecule has 2 heteroatoms. The first-order chi connectivity index (χ1) is 7.17. The van der Waals surface area contributed by atoms with E-state index in [1.807, 2.05) is 19.2 Å². The molecule has 15 heavy (non-hydrogen) atoms. The summed E-state index contributed by atoms with van der Waals surface area (Å²) in [7, 11) is 0. The molecule has 1 N–H and O–H groups in total. The number of aryl methyl sites for hydroxylation is 1. The molecule has 0 saturated carbocycles. The van der Waals surface area contributed by atoms with Gasteiger partial charge in [-0.2, -0.15) is 0 Å². The Morgan fingerprint density at radius 1 is 1.27 bits per heavy atom. The van der Waals surface area contributed by atoms with Gasteiger partial charge in [-0.05, 0) is 30.4 Å². The van der Waals surface area contributed by atoms with Crippen molar-refractivity contribution in [2.24, 2.45) is 5.92 Å². The van der Waals surface area contributed by atoms with Gasteiger partial charge in [0.25, 0.3) is 0 Å². The van der Waals surface area contributed by atoms with Crippen molar-refractivity contribution in [3.05, 3.63) is 29.6 Å². The van der Waals surface area contributed by atoms with Crippen LogP contribution in [0.4, 0.5) is 0 Å². The number of aliphatic hydroxyl groups excluding tert-OH is 1. The lowest BCUT2D eigenvalue weighted by atomic mass is 9.93. The molecule has 1 rings (SSSR count). The van der Waals surface area contributed by atoms with Crippen LogP contribution in [0, 0.1) is 12.8 Å². The molecule has 1 heterocycles. The van der Waals surface area contributed by atoms with Crippen molar-refractivity contribution in [1.82, 2.24) is 4.98 Å². The minimum absolute atomic E-state index is 0.359. The molecular formula is C13H21NO. The van der Waals surface area contributed by atoms with Crippen molar-refractivity contribution >= 4 is 0 Å². The van der Waals surface area contributed by atoms with Crippen LogP contribution in [0.5, 0.6) is 0 Å². The SMILES string of the molecule is CCC(CC)CC(O)c1cncc(C)c1. The van der Waals surface area contributed by atoms with Crippen LogP contribution in [0.3, 0.4) is 0 Å². The Hall–Kier alpha value is -0.890. The highest BCUT2D eigenvalue weighted by atomic mass is 16.3. The molecule has 1 aromatic rings. The van der Waals surface area contributed by atoms with E-state index < -0.39 is 0 Å². The molecule has 1 unspecified atom stereocenters. The second-order valence-electron chi connectivity index (χ2n) is 4.23. The zero-order chi connectivity index (χ0) is 11.3. The number of aromatic nitrogens is 1. The van der Waals surface area contributed by atoms with Gasteiger partial charge in [-0.15, -0.1) is 0 Å². The van der Waals surface area contributed by atoms with E-state index in [0.717, 1.165) is 30.4 Å². The van der Waals surface area contributed by atoms with E-state index in [2.05, 4.69) is 18.8 Å². The molecule has 0 aliphatic carbocycles. The van der Waals surface area contributed by atoms with Gasteiger partial charge in [0.1, 0.15) is 0 Å². The van der Waals surface area contributed by atoms with E-state index in [9.17, 15) is 5.11 Å². The van der Waals surface area contributed by atoms with Crippen molar-refractivity contribution in [2.45, 2.75) is 46.1 Å². The number of nitrogens with zero attached hydrogens (tertiary/aromatic N) is 1. The first kappa shape index (κ1) is 12.2. The summed E-state index contributed by atoms with van der Waals surface area (Å²) in [6, 6.07) is 2.01. The van der Waals surface area contributed by atoms with E-state index in [-0.39, 0.29) is 6.10 Å². The second-order valence-corrected chi connectivity index (χ2v) is 4.23. The molecule has 1 atom stereocenters. The molecule has 0 spiro atoms. The van der Waals surface area contributed by atoms with E-state index in [1.165, 1.54) is 0 Å². The van der Waals surface area contributed by atoms with Gasteiger partial charge in [-0.25, -0.2) is 0 Å². The number of hydrogen-bond acceptors (Lipinski definition) is 2. The zero-order valence-electron chi connectivity index (χ0n) is 9.90. The number of pyridine rings is 1.